The van der Waals surface area contributed by atoms with Gasteiger partial charge in [-0.25, -0.2) is 8.78 Å². The Balaban J connectivity index is 2.88. The fraction of sp³-hybridized carbons (Fsp3) is 0.650. The molecule has 0 spiro atoms. The van der Waals surface area contributed by atoms with Crippen LogP contribution in [0.1, 0.15) is 73.1 Å². The minimum absolute atomic E-state index is 0.0779. The summed E-state index contributed by atoms with van der Waals surface area (Å²) < 4.78 is 58.4. The van der Waals surface area contributed by atoms with Gasteiger partial charge in [0.05, 0.1) is 6.42 Å². The second kappa shape index (κ2) is 8.87. The Hall–Kier alpha value is -1.59. The third-order valence-electron chi connectivity index (χ3n) is 5.75. The molecule has 1 aromatic carbocycles. The van der Waals surface area contributed by atoms with Crippen LogP contribution in [0.2, 0.25) is 0 Å². The zero-order valence-electron chi connectivity index (χ0n) is 16.1. The monoisotopic (exact) mass is 376 g/mol. The Labute approximate surface area is 152 Å². The van der Waals surface area contributed by atoms with Crippen LogP contribution in [0, 0.1) is 34.1 Å². The first kappa shape index (κ1) is 22.5. The molecule has 0 heterocycles. The second-order valence-corrected chi connectivity index (χ2v) is 7.63. The standard InChI is InChI=1S/C20H28F4O2/c1-6-19(4,7-2)9-10-20(5,8-3)12-15(25)26-18-16(23)13(21)11-14(22)17(18)24/h11H,6-10,12H2,1-5H3. The van der Waals surface area contributed by atoms with Crippen LogP contribution >= 0.6 is 0 Å². The highest BCUT2D eigenvalue weighted by atomic mass is 19.2. The fourth-order valence-electron chi connectivity index (χ4n) is 2.74. The molecule has 0 aliphatic heterocycles. The van der Waals surface area contributed by atoms with Crippen LogP contribution in [0.4, 0.5) is 17.6 Å². The highest BCUT2D eigenvalue weighted by Crippen LogP contribution is 2.40. The largest absolute Gasteiger partial charge is 0.420 e. The van der Waals surface area contributed by atoms with Gasteiger partial charge < -0.3 is 4.74 Å². The molecule has 148 valence electrons. The number of rotatable bonds is 9. The van der Waals surface area contributed by atoms with E-state index in [-0.39, 0.29) is 17.9 Å². The molecule has 1 aromatic rings. The summed E-state index contributed by atoms with van der Waals surface area (Å²) in [5.41, 5.74) is -0.272. The van der Waals surface area contributed by atoms with E-state index in [1.54, 1.807) is 0 Å². The Kier molecular flexibility index (Phi) is 7.66. The highest BCUT2D eigenvalue weighted by Gasteiger charge is 2.32. The van der Waals surface area contributed by atoms with Gasteiger partial charge in [0.25, 0.3) is 0 Å². The predicted octanol–water partition coefficient (Wildman–Crippen LogP) is 6.56. The maximum atomic E-state index is 13.7. The van der Waals surface area contributed by atoms with E-state index in [2.05, 4.69) is 25.5 Å². The van der Waals surface area contributed by atoms with Gasteiger partial charge in [-0.2, -0.15) is 8.78 Å². The lowest BCUT2D eigenvalue weighted by Crippen LogP contribution is -2.26. The van der Waals surface area contributed by atoms with Crippen molar-refractivity contribution in [3.05, 3.63) is 29.3 Å². The number of ether oxygens (including phenoxy) is 1. The average Bonchev–Trinajstić information content (AvgIpc) is 2.61. The Morgan fingerprint density at radius 1 is 0.885 bits per heavy atom. The van der Waals surface area contributed by atoms with Gasteiger partial charge in [0, 0.05) is 6.07 Å². The molecule has 0 bridgehead atoms. The van der Waals surface area contributed by atoms with Crippen LogP contribution in [0.25, 0.3) is 0 Å². The van der Waals surface area contributed by atoms with E-state index in [9.17, 15) is 22.4 Å². The number of hydrogen-bond acceptors (Lipinski definition) is 2. The number of carbonyl (C=O) groups is 1. The lowest BCUT2D eigenvalue weighted by molar-refractivity contribution is -0.137. The summed E-state index contributed by atoms with van der Waals surface area (Å²) in [5, 5.41) is 0. The molecule has 0 saturated carbocycles. The molecule has 0 amide bonds. The van der Waals surface area contributed by atoms with Crippen LogP contribution in [-0.2, 0) is 4.79 Å². The van der Waals surface area contributed by atoms with Gasteiger partial charge in [0.2, 0.25) is 17.4 Å². The second-order valence-electron chi connectivity index (χ2n) is 7.63. The molecule has 1 atom stereocenters. The van der Waals surface area contributed by atoms with Crippen molar-refractivity contribution in [1.82, 2.24) is 0 Å². The van der Waals surface area contributed by atoms with Crippen molar-refractivity contribution in [3.8, 4) is 5.75 Å². The number of benzene rings is 1. The Morgan fingerprint density at radius 2 is 1.31 bits per heavy atom. The van der Waals surface area contributed by atoms with Crippen LogP contribution in [-0.4, -0.2) is 5.97 Å². The van der Waals surface area contributed by atoms with Crippen LogP contribution in [0.15, 0.2) is 6.07 Å². The first-order valence-electron chi connectivity index (χ1n) is 9.04. The molecule has 6 heteroatoms. The van der Waals surface area contributed by atoms with Gasteiger partial charge in [-0.3, -0.25) is 4.79 Å². The van der Waals surface area contributed by atoms with E-state index in [1.165, 1.54) is 0 Å². The van der Waals surface area contributed by atoms with Crippen LogP contribution in [0.5, 0.6) is 5.75 Å². The lowest BCUT2D eigenvalue weighted by Gasteiger charge is -2.33. The van der Waals surface area contributed by atoms with Crippen molar-refractivity contribution in [2.75, 3.05) is 0 Å². The average molecular weight is 376 g/mol. The fourth-order valence-corrected chi connectivity index (χ4v) is 2.74. The van der Waals surface area contributed by atoms with E-state index in [0.29, 0.717) is 6.42 Å². The zero-order valence-corrected chi connectivity index (χ0v) is 16.1. The molecule has 0 N–H and O–H groups in total. The van der Waals surface area contributed by atoms with Crippen LogP contribution in [0.3, 0.4) is 0 Å². The van der Waals surface area contributed by atoms with Crippen molar-refractivity contribution in [2.45, 2.75) is 73.1 Å². The SMILES string of the molecule is CCC(C)(CC)CCC(C)(CC)CC(=O)Oc1c(F)c(F)cc(F)c1F. The molecule has 1 rings (SSSR count). The summed E-state index contributed by atoms with van der Waals surface area (Å²) >= 11 is 0. The van der Waals surface area contributed by atoms with Crippen molar-refractivity contribution in [2.24, 2.45) is 10.8 Å². The van der Waals surface area contributed by atoms with Gasteiger partial charge in [0.15, 0.2) is 11.6 Å². The van der Waals surface area contributed by atoms with Crippen molar-refractivity contribution in [1.29, 1.82) is 0 Å². The molecule has 0 aromatic heterocycles. The van der Waals surface area contributed by atoms with Crippen LogP contribution < -0.4 is 4.74 Å². The van der Waals surface area contributed by atoms with E-state index in [1.807, 2.05) is 13.8 Å². The normalized spacial score (nSPS) is 14.2. The van der Waals surface area contributed by atoms with Gasteiger partial charge in [-0.15, -0.1) is 0 Å². The van der Waals surface area contributed by atoms with E-state index < -0.39 is 40.4 Å². The third kappa shape index (κ3) is 5.45. The van der Waals surface area contributed by atoms with Crippen molar-refractivity contribution in [3.63, 3.8) is 0 Å². The smallest absolute Gasteiger partial charge is 0.311 e. The summed E-state index contributed by atoms with van der Waals surface area (Å²) in [6.07, 6.45) is 4.21. The highest BCUT2D eigenvalue weighted by molar-refractivity contribution is 5.73. The molecular weight excluding hydrogens is 348 g/mol. The van der Waals surface area contributed by atoms with E-state index >= 15 is 0 Å². The quantitative estimate of drug-likeness (QED) is 0.211. The molecule has 1 unspecified atom stereocenters. The first-order chi connectivity index (χ1) is 12.0. The molecule has 26 heavy (non-hydrogen) atoms. The maximum absolute atomic E-state index is 13.7. The zero-order chi connectivity index (χ0) is 20.1. The molecule has 2 nitrogen and oxygen atoms in total. The molecule has 0 aliphatic rings. The lowest BCUT2D eigenvalue weighted by atomic mass is 9.72. The van der Waals surface area contributed by atoms with Gasteiger partial charge >= 0.3 is 5.97 Å². The number of carbonyl (C=O) groups excluding carboxylic acids is 1. The molecule has 0 saturated heterocycles. The van der Waals surface area contributed by atoms with Crippen molar-refractivity contribution < 1.29 is 27.1 Å². The number of hydrogen-bond donors (Lipinski definition) is 0. The van der Waals surface area contributed by atoms with Gasteiger partial charge in [0.1, 0.15) is 0 Å². The van der Waals surface area contributed by atoms with Gasteiger partial charge in [-0.1, -0.05) is 53.9 Å². The Bertz CT molecular complexity index is 615. The number of esters is 1. The maximum Gasteiger partial charge on any atom is 0.311 e. The summed E-state index contributed by atoms with van der Waals surface area (Å²) in [7, 11) is 0. The minimum Gasteiger partial charge on any atom is -0.420 e. The molecule has 0 radical (unpaired) electrons. The predicted molar refractivity (Wildman–Crippen MR) is 92.8 cm³/mol. The third-order valence-corrected chi connectivity index (χ3v) is 5.75. The summed E-state index contributed by atoms with van der Waals surface area (Å²) in [6.45, 7) is 10.2. The first-order valence-corrected chi connectivity index (χ1v) is 9.04. The van der Waals surface area contributed by atoms with E-state index in [0.717, 1.165) is 25.7 Å². The minimum atomic E-state index is -1.71. The van der Waals surface area contributed by atoms with Gasteiger partial charge in [-0.05, 0) is 23.7 Å². The molecule has 0 fully saturated rings. The summed E-state index contributed by atoms with van der Waals surface area (Å²) in [5.74, 6) is -8.86. The Morgan fingerprint density at radius 3 is 1.73 bits per heavy atom. The molecule has 0 aliphatic carbocycles. The summed E-state index contributed by atoms with van der Waals surface area (Å²) in [4.78, 5) is 12.2. The van der Waals surface area contributed by atoms with Crippen molar-refractivity contribution >= 4 is 5.97 Å². The topological polar surface area (TPSA) is 26.3 Å². The summed E-state index contributed by atoms with van der Waals surface area (Å²) in [6, 6.07) is 0.0779. The number of halogens is 4. The molecular formula is C20H28F4O2. The van der Waals surface area contributed by atoms with E-state index in [4.69, 9.17) is 0 Å².